The fourth-order valence-corrected chi connectivity index (χ4v) is 3.66. The standard InChI is InChI=1S/C23H18N6O2/c30-21-19-9-5-4-8-17(19)18-11-10-15(14-20(18)21)22(31)24-12-13-25-23-26-27-28-29(23)16-6-2-1-3-7-16/h1-11,14H,12-13H2,(H,24,31)(H,25,26,28). The van der Waals surface area contributed by atoms with Gasteiger partial charge < -0.3 is 10.6 Å². The van der Waals surface area contributed by atoms with E-state index in [4.69, 9.17) is 0 Å². The van der Waals surface area contributed by atoms with Gasteiger partial charge in [0.25, 0.3) is 5.91 Å². The molecule has 1 amide bonds. The third kappa shape index (κ3) is 3.44. The number of benzene rings is 3. The molecule has 0 aliphatic heterocycles. The number of hydrogen-bond acceptors (Lipinski definition) is 6. The molecule has 31 heavy (non-hydrogen) atoms. The monoisotopic (exact) mass is 410 g/mol. The zero-order valence-corrected chi connectivity index (χ0v) is 16.4. The molecule has 4 aromatic rings. The zero-order chi connectivity index (χ0) is 21.2. The predicted molar refractivity (Wildman–Crippen MR) is 115 cm³/mol. The van der Waals surface area contributed by atoms with Crippen molar-refractivity contribution in [3.8, 4) is 16.8 Å². The van der Waals surface area contributed by atoms with Crippen LogP contribution in [0.1, 0.15) is 26.3 Å². The number of rotatable bonds is 6. The van der Waals surface area contributed by atoms with Gasteiger partial charge in [-0.2, -0.15) is 4.68 Å². The second kappa shape index (κ2) is 7.83. The summed E-state index contributed by atoms with van der Waals surface area (Å²) in [6.07, 6.45) is 0. The van der Waals surface area contributed by atoms with Gasteiger partial charge in [0.05, 0.1) is 5.69 Å². The number of aromatic nitrogens is 4. The lowest BCUT2D eigenvalue weighted by atomic mass is 10.0. The molecule has 2 N–H and O–H groups in total. The highest BCUT2D eigenvalue weighted by molar-refractivity contribution is 6.22. The molecule has 0 unspecified atom stereocenters. The molecule has 0 atom stereocenters. The van der Waals surface area contributed by atoms with E-state index in [9.17, 15) is 9.59 Å². The first-order chi connectivity index (χ1) is 15.2. The van der Waals surface area contributed by atoms with Crippen LogP contribution in [0.3, 0.4) is 0 Å². The van der Waals surface area contributed by atoms with Crippen LogP contribution in [0.2, 0.25) is 0 Å². The van der Waals surface area contributed by atoms with E-state index in [-0.39, 0.29) is 11.7 Å². The lowest BCUT2D eigenvalue weighted by Gasteiger charge is -2.09. The van der Waals surface area contributed by atoms with Crippen molar-refractivity contribution in [2.24, 2.45) is 0 Å². The van der Waals surface area contributed by atoms with Crippen LogP contribution in [0.5, 0.6) is 0 Å². The fraction of sp³-hybridized carbons (Fsp3) is 0.0870. The molecule has 0 saturated carbocycles. The van der Waals surface area contributed by atoms with Gasteiger partial charge in [0.15, 0.2) is 5.78 Å². The van der Waals surface area contributed by atoms with Gasteiger partial charge in [0.2, 0.25) is 5.95 Å². The van der Waals surface area contributed by atoms with Crippen molar-refractivity contribution in [3.05, 3.63) is 89.5 Å². The summed E-state index contributed by atoms with van der Waals surface area (Å²) in [5, 5.41) is 17.6. The Morgan fingerprint density at radius 1 is 0.839 bits per heavy atom. The Labute approximate surface area is 177 Å². The van der Waals surface area contributed by atoms with Crippen LogP contribution in [0.25, 0.3) is 16.8 Å². The van der Waals surface area contributed by atoms with Crippen LogP contribution in [-0.2, 0) is 0 Å². The maximum Gasteiger partial charge on any atom is 0.251 e. The van der Waals surface area contributed by atoms with E-state index < -0.39 is 0 Å². The lowest BCUT2D eigenvalue weighted by molar-refractivity contribution is 0.0955. The normalized spacial score (nSPS) is 11.7. The fourth-order valence-electron chi connectivity index (χ4n) is 3.66. The summed E-state index contributed by atoms with van der Waals surface area (Å²) in [7, 11) is 0. The van der Waals surface area contributed by atoms with Crippen molar-refractivity contribution in [1.29, 1.82) is 0 Å². The second-order valence-corrected chi connectivity index (χ2v) is 7.07. The van der Waals surface area contributed by atoms with Gasteiger partial charge in [-0.3, -0.25) is 9.59 Å². The van der Waals surface area contributed by atoms with E-state index in [0.29, 0.717) is 35.7 Å². The van der Waals surface area contributed by atoms with E-state index in [0.717, 1.165) is 16.8 Å². The molecule has 3 aromatic carbocycles. The number of tetrazole rings is 1. The Hall–Kier alpha value is -4.33. The maximum absolute atomic E-state index is 12.6. The van der Waals surface area contributed by atoms with Gasteiger partial charge in [-0.1, -0.05) is 53.6 Å². The van der Waals surface area contributed by atoms with Crippen LogP contribution < -0.4 is 10.6 Å². The third-order valence-electron chi connectivity index (χ3n) is 5.15. The molecule has 8 nitrogen and oxygen atoms in total. The largest absolute Gasteiger partial charge is 0.351 e. The van der Waals surface area contributed by atoms with Crippen LogP contribution in [0.4, 0.5) is 5.95 Å². The Balaban J connectivity index is 1.21. The second-order valence-electron chi connectivity index (χ2n) is 7.07. The minimum absolute atomic E-state index is 0.0466. The predicted octanol–water partition coefficient (Wildman–Crippen LogP) is 2.72. The zero-order valence-electron chi connectivity index (χ0n) is 16.4. The van der Waals surface area contributed by atoms with Crippen molar-refractivity contribution in [3.63, 3.8) is 0 Å². The summed E-state index contributed by atoms with van der Waals surface area (Å²) in [6, 6.07) is 22.3. The molecule has 0 saturated heterocycles. The van der Waals surface area contributed by atoms with Crippen molar-refractivity contribution in [1.82, 2.24) is 25.5 Å². The summed E-state index contributed by atoms with van der Waals surface area (Å²) < 4.78 is 1.59. The number of ketones is 1. The molecule has 1 aromatic heterocycles. The van der Waals surface area contributed by atoms with E-state index >= 15 is 0 Å². The first-order valence-corrected chi connectivity index (χ1v) is 9.86. The van der Waals surface area contributed by atoms with Crippen LogP contribution in [0.15, 0.2) is 72.8 Å². The Morgan fingerprint density at radius 2 is 1.58 bits per heavy atom. The molecule has 0 spiro atoms. The number of nitrogens with zero attached hydrogens (tertiary/aromatic N) is 4. The van der Waals surface area contributed by atoms with Gasteiger partial charge in [-0.15, -0.1) is 0 Å². The SMILES string of the molecule is O=C(NCCNc1nnnn1-c1ccccc1)c1ccc2c(c1)C(=O)c1ccccc1-2. The van der Waals surface area contributed by atoms with Crippen LogP contribution in [-0.4, -0.2) is 45.0 Å². The molecular formula is C23H18N6O2. The number of para-hydroxylation sites is 1. The summed E-state index contributed by atoms with van der Waals surface area (Å²) >= 11 is 0. The minimum Gasteiger partial charge on any atom is -0.351 e. The van der Waals surface area contributed by atoms with Crippen LogP contribution in [0, 0.1) is 0 Å². The average molecular weight is 410 g/mol. The quantitative estimate of drug-likeness (QED) is 0.418. The molecular weight excluding hydrogens is 392 g/mol. The van der Waals surface area contributed by atoms with Gasteiger partial charge in [-0.05, 0) is 45.8 Å². The topological polar surface area (TPSA) is 102 Å². The summed E-state index contributed by atoms with van der Waals surface area (Å²) in [5.74, 6) is 0.201. The van der Waals surface area contributed by atoms with E-state index in [1.54, 1.807) is 16.8 Å². The molecule has 0 fully saturated rings. The first kappa shape index (κ1) is 18.7. The molecule has 152 valence electrons. The van der Waals surface area contributed by atoms with E-state index in [1.165, 1.54) is 0 Å². The van der Waals surface area contributed by atoms with E-state index in [2.05, 4.69) is 26.2 Å². The van der Waals surface area contributed by atoms with Gasteiger partial charge >= 0.3 is 0 Å². The minimum atomic E-state index is -0.240. The molecule has 8 heteroatoms. The van der Waals surface area contributed by atoms with Crippen LogP contribution >= 0.6 is 0 Å². The number of carbonyl (C=O) groups excluding carboxylic acids is 2. The summed E-state index contributed by atoms with van der Waals surface area (Å²) in [4.78, 5) is 25.2. The highest BCUT2D eigenvalue weighted by atomic mass is 16.1. The average Bonchev–Trinajstić information content (AvgIpc) is 3.40. The first-order valence-electron chi connectivity index (χ1n) is 9.86. The highest BCUT2D eigenvalue weighted by Crippen LogP contribution is 2.36. The van der Waals surface area contributed by atoms with Crippen molar-refractivity contribution in [2.75, 3.05) is 18.4 Å². The number of carbonyl (C=O) groups is 2. The maximum atomic E-state index is 12.6. The number of amides is 1. The summed E-state index contributed by atoms with van der Waals surface area (Å²) in [6.45, 7) is 0.806. The lowest BCUT2D eigenvalue weighted by Crippen LogP contribution is -2.29. The van der Waals surface area contributed by atoms with Gasteiger partial charge in [0.1, 0.15) is 0 Å². The van der Waals surface area contributed by atoms with Crippen molar-refractivity contribution in [2.45, 2.75) is 0 Å². The Kier molecular flexibility index (Phi) is 4.72. The highest BCUT2D eigenvalue weighted by Gasteiger charge is 2.26. The Bertz CT molecular complexity index is 1280. The molecule has 5 rings (SSSR count). The number of fused-ring (bicyclic) bond motifs is 3. The molecule has 1 aliphatic rings. The van der Waals surface area contributed by atoms with E-state index in [1.807, 2.05) is 60.7 Å². The molecule has 0 radical (unpaired) electrons. The molecule has 0 bridgehead atoms. The Morgan fingerprint density at radius 3 is 2.42 bits per heavy atom. The molecule has 1 heterocycles. The number of anilines is 1. The summed E-state index contributed by atoms with van der Waals surface area (Å²) in [5.41, 5.74) is 4.31. The molecule has 1 aliphatic carbocycles. The smallest absolute Gasteiger partial charge is 0.251 e. The number of nitrogens with one attached hydrogen (secondary N) is 2. The van der Waals surface area contributed by atoms with Crippen molar-refractivity contribution >= 4 is 17.6 Å². The number of hydrogen-bond donors (Lipinski definition) is 2. The van der Waals surface area contributed by atoms with Crippen molar-refractivity contribution < 1.29 is 9.59 Å². The third-order valence-corrected chi connectivity index (χ3v) is 5.15. The van der Waals surface area contributed by atoms with Gasteiger partial charge in [0, 0.05) is 29.8 Å². The van der Waals surface area contributed by atoms with Gasteiger partial charge in [-0.25, -0.2) is 0 Å².